The second kappa shape index (κ2) is 5.48. The minimum Gasteiger partial charge on any atom is -0.400 e. The van der Waals surface area contributed by atoms with Crippen LogP contribution in [-0.4, -0.2) is 23.3 Å². The van der Waals surface area contributed by atoms with Crippen molar-refractivity contribution in [3.8, 4) is 0 Å². The first kappa shape index (κ1) is 15.7. The van der Waals surface area contributed by atoms with E-state index in [1.165, 1.54) is 0 Å². The van der Waals surface area contributed by atoms with Crippen molar-refractivity contribution in [1.82, 2.24) is 4.98 Å². The van der Waals surface area contributed by atoms with E-state index >= 15 is 0 Å². The van der Waals surface area contributed by atoms with E-state index in [-0.39, 0.29) is 18.3 Å². The Kier molecular flexibility index (Phi) is 3.92. The topological polar surface area (TPSA) is 31.4 Å². The molecule has 0 atom stereocenters. The van der Waals surface area contributed by atoms with Crippen LogP contribution in [-0.2, 0) is 9.31 Å². The summed E-state index contributed by atoms with van der Waals surface area (Å²) in [5.41, 5.74) is 1.38. The van der Waals surface area contributed by atoms with Crippen LogP contribution in [0.5, 0.6) is 0 Å². The van der Waals surface area contributed by atoms with Crippen molar-refractivity contribution in [3.05, 3.63) is 46.5 Å². The quantitative estimate of drug-likeness (QED) is 0.732. The van der Waals surface area contributed by atoms with Crippen molar-refractivity contribution in [2.24, 2.45) is 0 Å². The number of hydrogen-bond donors (Lipinski definition) is 0. The lowest BCUT2D eigenvalue weighted by Crippen LogP contribution is -2.41. The van der Waals surface area contributed by atoms with E-state index in [4.69, 9.17) is 9.31 Å². The van der Waals surface area contributed by atoms with Crippen LogP contribution in [0.4, 0.5) is 0 Å². The summed E-state index contributed by atoms with van der Waals surface area (Å²) in [7, 11) is -0.340. The van der Waals surface area contributed by atoms with Gasteiger partial charge in [0.2, 0.25) is 0 Å². The maximum atomic E-state index is 5.98. The highest BCUT2D eigenvalue weighted by Crippen LogP contribution is 2.37. The average Bonchev–Trinajstić information content (AvgIpc) is 2.66. The Morgan fingerprint density at radius 1 is 1.09 bits per heavy atom. The second-order valence-corrected chi connectivity index (χ2v) is 7.37. The molecule has 1 aromatic carbocycles. The van der Waals surface area contributed by atoms with E-state index in [9.17, 15) is 0 Å². The molecule has 0 aliphatic carbocycles. The molecule has 0 bridgehead atoms. The summed E-state index contributed by atoms with van der Waals surface area (Å²) in [5.74, 6) is 1.95. The Labute approximate surface area is 140 Å². The Morgan fingerprint density at radius 2 is 1.77 bits per heavy atom. The van der Waals surface area contributed by atoms with Gasteiger partial charge in [-0.3, -0.25) is 4.98 Å². The molecule has 0 unspecified atom stereocenters. The summed E-state index contributed by atoms with van der Waals surface area (Å²) in [6.07, 6.45) is 3.82. The van der Waals surface area contributed by atoms with Crippen molar-refractivity contribution >= 4 is 40.0 Å². The van der Waals surface area contributed by atoms with Crippen LogP contribution in [0, 0.1) is 0 Å². The monoisotopic (exact) mass is 359 g/mol. The molecule has 0 radical (unpaired) electrons. The molecule has 1 aromatic heterocycles. The summed E-state index contributed by atoms with van der Waals surface area (Å²) in [4.78, 5) is 4.48. The predicted octanol–water partition coefficient (Wildman–Crippen LogP) is 4.64. The highest BCUT2D eigenvalue weighted by atomic mass is 79.9. The molecule has 3 rings (SSSR count). The smallest absolute Gasteiger partial charge is 0.400 e. The van der Waals surface area contributed by atoms with Crippen molar-refractivity contribution in [2.75, 3.05) is 0 Å². The maximum absolute atomic E-state index is 5.98. The first-order valence-electron chi connectivity index (χ1n) is 7.37. The van der Waals surface area contributed by atoms with E-state index in [2.05, 4.69) is 54.7 Å². The van der Waals surface area contributed by atoms with E-state index in [0.29, 0.717) is 0 Å². The second-order valence-electron chi connectivity index (χ2n) is 6.52. The van der Waals surface area contributed by atoms with Gasteiger partial charge in [0.25, 0.3) is 0 Å². The van der Waals surface area contributed by atoms with Gasteiger partial charge in [-0.2, -0.15) is 0 Å². The fourth-order valence-corrected chi connectivity index (χ4v) is 2.90. The lowest BCUT2D eigenvalue weighted by molar-refractivity contribution is 0.00578. The third kappa shape index (κ3) is 2.73. The van der Waals surface area contributed by atoms with E-state index in [0.717, 1.165) is 20.9 Å². The Bertz CT molecular complexity index is 727. The predicted molar refractivity (Wildman–Crippen MR) is 94.6 cm³/mol. The van der Waals surface area contributed by atoms with Gasteiger partial charge in [0, 0.05) is 16.1 Å². The van der Waals surface area contributed by atoms with Gasteiger partial charge in [0.05, 0.1) is 16.7 Å². The zero-order chi connectivity index (χ0) is 16.0. The van der Waals surface area contributed by atoms with Gasteiger partial charge in [-0.25, -0.2) is 0 Å². The summed E-state index contributed by atoms with van der Waals surface area (Å²) in [6.45, 7) is 8.21. The molecule has 0 amide bonds. The summed E-state index contributed by atoms with van der Waals surface area (Å²) < 4.78 is 13.0. The van der Waals surface area contributed by atoms with Crippen LogP contribution < -0.4 is 0 Å². The molecule has 1 aliphatic rings. The van der Waals surface area contributed by atoms with Gasteiger partial charge in [0.1, 0.15) is 0 Å². The molecule has 114 valence electrons. The number of nitrogens with zero attached hydrogens (tertiary/aromatic N) is 1. The Hall–Kier alpha value is -1.17. The van der Waals surface area contributed by atoms with Crippen LogP contribution in [0.2, 0.25) is 0 Å². The molecule has 0 saturated carbocycles. The fourth-order valence-electron chi connectivity index (χ4n) is 2.44. The number of rotatable bonds is 2. The number of aromatic nitrogens is 1. The van der Waals surface area contributed by atoms with E-state index in [1.54, 1.807) is 6.20 Å². The van der Waals surface area contributed by atoms with Gasteiger partial charge >= 0.3 is 7.12 Å². The molecule has 2 aromatic rings. The molecule has 1 saturated heterocycles. The third-order valence-electron chi connectivity index (χ3n) is 4.45. The Morgan fingerprint density at radius 3 is 2.45 bits per heavy atom. The molecule has 0 spiro atoms. The van der Waals surface area contributed by atoms with Gasteiger partial charge in [-0.15, -0.1) is 0 Å². The van der Waals surface area contributed by atoms with Gasteiger partial charge in [-0.1, -0.05) is 40.1 Å². The first-order chi connectivity index (χ1) is 10.3. The van der Waals surface area contributed by atoms with E-state index in [1.807, 2.05) is 30.3 Å². The zero-order valence-electron chi connectivity index (χ0n) is 13.3. The molecule has 0 N–H and O–H groups in total. The van der Waals surface area contributed by atoms with Crippen molar-refractivity contribution < 1.29 is 9.31 Å². The first-order valence-corrected chi connectivity index (χ1v) is 8.16. The van der Waals surface area contributed by atoms with E-state index < -0.39 is 0 Å². The van der Waals surface area contributed by atoms with Crippen LogP contribution in [0.1, 0.15) is 33.3 Å². The van der Waals surface area contributed by atoms with Gasteiger partial charge in [0.15, 0.2) is 0 Å². The van der Waals surface area contributed by atoms with Crippen molar-refractivity contribution in [2.45, 2.75) is 38.9 Å². The lowest BCUT2D eigenvalue weighted by atomic mass is 9.89. The number of fused-ring (bicyclic) bond motifs is 1. The molecule has 1 fully saturated rings. The minimum atomic E-state index is -0.340. The van der Waals surface area contributed by atoms with Gasteiger partial charge in [-0.05, 0) is 45.4 Å². The molecule has 1 aliphatic heterocycles. The number of hydrogen-bond acceptors (Lipinski definition) is 3. The van der Waals surface area contributed by atoms with Crippen molar-refractivity contribution in [1.29, 1.82) is 0 Å². The number of pyridine rings is 1. The SMILES string of the molecule is CC1(C)OB(/C=C/c2ccc(Br)c3cccnc23)OC1(C)C. The average molecular weight is 360 g/mol. The summed E-state index contributed by atoms with van der Waals surface area (Å²) in [6, 6.07) is 8.07. The van der Waals surface area contributed by atoms with Crippen LogP contribution in [0.15, 0.2) is 40.9 Å². The maximum Gasteiger partial charge on any atom is 0.487 e. The van der Waals surface area contributed by atoms with Gasteiger partial charge < -0.3 is 9.31 Å². The molecular weight excluding hydrogens is 341 g/mol. The van der Waals surface area contributed by atoms with Crippen LogP contribution in [0.3, 0.4) is 0 Å². The zero-order valence-corrected chi connectivity index (χ0v) is 14.8. The molecular formula is C17H19BBrNO2. The summed E-state index contributed by atoms with van der Waals surface area (Å²) >= 11 is 3.56. The van der Waals surface area contributed by atoms with Crippen LogP contribution >= 0.6 is 15.9 Å². The fraction of sp³-hybridized carbons (Fsp3) is 0.353. The van der Waals surface area contributed by atoms with Crippen molar-refractivity contribution in [3.63, 3.8) is 0 Å². The van der Waals surface area contributed by atoms with Crippen LogP contribution in [0.25, 0.3) is 17.0 Å². The highest BCUT2D eigenvalue weighted by Gasteiger charge is 2.49. The Balaban J connectivity index is 1.90. The highest BCUT2D eigenvalue weighted by molar-refractivity contribution is 9.10. The summed E-state index contributed by atoms with van der Waals surface area (Å²) in [5, 5.41) is 1.10. The number of benzene rings is 1. The molecule has 22 heavy (non-hydrogen) atoms. The molecule has 5 heteroatoms. The normalized spacial score (nSPS) is 20.1. The minimum absolute atomic E-state index is 0.317. The third-order valence-corrected chi connectivity index (χ3v) is 5.14. The standard InChI is InChI=1S/C17H19BBrNO2/c1-16(2)17(3,4)22-18(21-16)10-9-12-7-8-14(19)13-6-5-11-20-15(12)13/h5-11H,1-4H3/b10-9+. The lowest BCUT2D eigenvalue weighted by Gasteiger charge is -2.32. The molecule has 3 nitrogen and oxygen atoms in total. The largest absolute Gasteiger partial charge is 0.487 e. The number of halogens is 1. The molecule has 2 heterocycles.